The highest BCUT2D eigenvalue weighted by molar-refractivity contribution is 6.72. The molecule has 2 aromatic rings. The van der Waals surface area contributed by atoms with E-state index in [1.165, 1.54) is 50.5 Å². The Morgan fingerprint density at radius 1 is 0.933 bits per heavy atom. The van der Waals surface area contributed by atoms with E-state index < -0.39 is 8.41 Å². The lowest BCUT2D eigenvalue weighted by molar-refractivity contribution is 0.0966. The van der Waals surface area contributed by atoms with Gasteiger partial charge in [0.15, 0.2) is 5.78 Å². The van der Waals surface area contributed by atoms with Gasteiger partial charge in [0, 0.05) is 12.8 Å². The van der Waals surface area contributed by atoms with Crippen LogP contribution < -0.4 is 0 Å². The molecule has 0 spiro atoms. The van der Waals surface area contributed by atoms with Crippen molar-refractivity contribution in [2.45, 2.75) is 95.7 Å². The van der Waals surface area contributed by atoms with Crippen molar-refractivity contribution in [3.05, 3.63) is 52.9 Å². The van der Waals surface area contributed by atoms with Gasteiger partial charge in [-0.15, -0.1) is 0 Å². The topological polar surface area (TPSA) is 43.1 Å². The van der Waals surface area contributed by atoms with E-state index in [2.05, 4.69) is 35.5 Å². The Kier molecular flexibility index (Phi) is 8.43. The molecule has 3 rings (SSSR count). The third kappa shape index (κ3) is 6.63. The lowest BCUT2D eigenvalue weighted by Gasteiger charge is -2.26. The van der Waals surface area contributed by atoms with Crippen LogP contribution >= 0.6 is 0 Å². The number of aryl methyl sites for hydroxylation is 2. The number of hydrogen-bond acceptors (Lipinski definition) is 3. The average Bonchev–Trinajstić information content (AvgIpc) is 3.13. The second-order valence-electron chi connectivity index (χ2n) is 9.33. The minimum absolute atomic E-state index is 0.0335. The molecule has 1 aliphatic rings. The molecule has 1 aromatic carbocycles. The first-order chi connectivity index (χ1) is 14.4. The molecule has 1 aromatic heterocycles. The molecule has 0 aliphatic heterocycles. The van der Waals surface area contributed by atoms with Crippen LogP contribution in [0.25, 0.3) is 0 Å². The number of fused-ring (bicyclic) bond motifs is 1. The van der Waals surface area contributed by atoms with Crippen molar-refractivity contribution in [2.24, 2.45) is 0 Å². The maximum absolute atomic E-state index is 14.4. The number of carbonyl (C=O) groups excluding carboxylic acids is 1. The minimum atomic E-state index is -2.84. The Hall–Kier alpha value is -1.75. The van der Waals surface area contributed by atoms with E-state index in [9.17, 15) is 8.90 Å². The Morgan fingerprint density at radius 3 is 2.17 bits per heavy atom. The van der Waals surface area contributed by atoms with Gasteiger partial charge in [-0.25, -0.2) is 0 Å². The van der Waals surface area contributed by atoms with E-state index in [1.54, 1.807) is 13.1 Å². The molecule has 5 heteroatoms. The molecule has 1 aliphatic carbocycles. The molecule has 1 unspecified atom stereocenters. The number of carbonyl (C=O) groups is 1. The number of benzene rings is 1. The van der Waals surface area contributed by atoms with Gasteiger partial charge in [-0.2, -0.15) is 0 Å². The second-order valence-corrected chi connectivity index (χ2v) is 13.3. The summed E-state index contributed by atoms with van der Waals surface area (Å²) in [7, 11) is -2.84. The van der Waals surface area contributed by atoms with Crippen molar-refractivity contribution >= 4 is 14.2 Å². The molecular weight excluding hydrogens is 393 g/mol. The van der Waals surface area contributed by atoms with Crippen LogP contribution in [0.4, 0.5) is 4.11 Å². The van der Waals surface area contributed by atoms with Crippen LogP contribution in [0.1, 0.15) is 85.2 Å². The van der Waals surface area contributed by atoms with Crippen molar-refractivity contribution in [2.75, 3.05) is 0 Å². The van der Waals surface area contributed by atoms with E-state index in [0.717, 1.165) is 25.0 Å². The summed E-state index contributed by atoms with van der Waals surface area (Å²) in [5.74, 6) is 0.659. The molecule has 0 N–H and O–H groups in total. The molecule has 1 atom stereocenters. The summed E-state index contributed by atoms with van der Waals surface area (Å²) in [5.41, 5.74) is 2.73. The molecule has 3 nitrogen and oxygen atoms in total. The van der Waals surface area contributed by atoms with Crippen LogP contribution in [-0.4, -0.2) is 19.3 Å². The number of unbranched alkanes of at least 4 members (excludes halogenated alkanes) is 7. The monoisotopic (exact) mass is 429 g/mol. The summed E-state index contributed by atoms with van der Waals surface area (Å²) in [6, 6.07) is 10.7. The van der Waals surface area contributed by atoms with Crippen LogP contribution in [-0.2, 0) is 19.3 Å². The van der Waals surface area contributed by atoms with E-state index >= 15 is 0 Å². The minimum Gasteiger partial charge on any atom is -0.360 e. The number of halogens is 1. The maximum atomic E-state index is 14.4. The van der Waals surface area contributed by atoms with Crippen molar-refractivity contribution in [3.8, 4) is 0 Å². The number of ketones is 1. The van der Waals surface area contributed by atoms with E-state index in [4.69, 9.17) is 4.52 Å². The summed E-state index contributed by atoms with van der Waals surface area (Å²) in [4.78, 5) is 12.5. The maximum Gasteiger partial charge on any atom is 0.244 e. The highest BCUT2D eigenvalue weighted by Gasteiger charge is 2.41. The molecule has 0 saturated carbocycles. The number of nitrogens with zero attached hydrogens (tertiary/aromatic N) is 1. The molecule has 0 bridgehead atoms. The van der Waals surface area contributed by atoms with Gasteiger partial charge in [0.1, 0.15) is 5.76 Å². The first-order valence-corrected chi connectivity index (χ1v) is 14.6. The first kappa shape index (κ1) is 22.9. The van der Waals surface area contributed by atoms with Gasteiger partial charge >= 0.3 is 0 Å². The Labute approximate surface area is 181 Å². The zero-order valence-electron chi connectivity index (χ0n) is 18.6. The highest BCUT2D eigenvalue weighted by atomic mass is 28.4. The number of hydrogen-bond donors (Lipinski definition) is 0. The van der Waals surface area contributed by atoms with Crippen molar-refractivity contribution in [3.63, 3.8) is 0 Å². The predicted molar refractivity (Wildman–Crippen MR) is 122 cm³/mol. The number of aromatic nitrogens is 1. The lowest BCUT2D eigenvalue weighted by atomic mass is 9.93. The van der Waals surface area contributed by atoms with Crippen LogP contribution in [0.3, 0.4) is 0 Å². The van der Waals surface area contributed by atoms with Gasteiger partial charge in [-0.3, -0.25) is 4.79 Å². The van der Waals surface area contributed by atoms with Gasteiger partial charge in [0.25, 0.3) is 0 Å². The summed E-state index contributed by atoms with van der Waals surface area (Å²) < 4.78 is 19.8. The SMILES string of the molecule is C[Si](C)(F)C1CC(=O)c2c(CCCCCCCCCCc3ccccc3)noc2C1. The van der Waals surface area contributed by atoms with Crippen molar-refractivity contribution in [1.82, 2.24) is 5.16 Å². The smallest absolute Gasteiger partial charge is 0.244 e. The molecule has 164 valence electrons. The number of rotatable bonds is 12. The van der Waals surface area contributed by atoms with Gasteiger partial charge in [0.2, 0.25) is 8.41 Å². The van der Waals surface area contributed by atoms with Crippen LogP contribution in [0.5, 0.6) is 0 Å². The fourth-order valence-electron chi connectivity index (χ4n) is 4.42. The third-order valence-corrected chi connectivity index (χ3v) is 8.77. The van der Waals surface area contributed by atoms with E-state index in [1.807, 2.05) is 0 Å². The summed E-state index contributed by atoms with van der Waals surface area (Å²) in [6.45, 7) is 3.35. The molecule has 0 saturated heterocycles. The summed E-state index contributed by atoms with van der Waals surface area (Å²) in [5, 5.41) is 4.15. The average molecular weight is 430 g/mol. The Balaban J connectivity index is 1.27. The lowest BCUT2D eigenvalue weighted by Crippen LogP contribution is -2.33. The first-order valence-electron chi connectivity index (χ1n) is 11.7. The van der Waals surface area contributed by atoms with E-state index in [-0.39, 0.29) is 11.3 Å². The van der Waals surface area contributed by atoms with Crippen LogP contribution in [0.2, 0.25) is 18.6 Å². The summed E-state index contributed by atoms with van der Waals surface area (Å²) >= 11 is 0. The number of Topliss-reactive ketones (excluding diaryl/α,β-unsaturated/α-hetero) is 1. The quantitative estimate of drug-likeness (QED) is 0.203. The zero-order chi connectivity index (χ0) is 21.4. The largest absolute Gasteiger partial charge is 0.360 e. The molecule has 30 heavy (non-hydrogen) atoms. The van der Waals surface area contributed by atoms with E-state index in [0.29, 0.717) is 24.2 Å². The molecule has 0 fully saturated rings. The summed E-state index contributed by atoms with van der Waals surface area (Å²) in [6.07, 6.45) is 12.7. The molecule has 1 heterocycles. The highest BCUT2D eigenvalue weighted by Crippen LogP contribution is 2.38. The molecular formula is C25H36FNO2Si. The second kappa shape index (κ2) is 11.0. The van der Waals surface area contributed by atoms with Crippen LogP contribution in [0.15, 0.2) is 34.9 Å². The Bertz CT molecular complexity index is 797. The zero-order valence-corrected chi connectivity index (χ0v) is 19.6. The third-order valence-electron chi connectivity index (χ3n) is 6.42. The van der Waals surface area contributed by atoms with Gasteiger partial charge in [0.05, 0.1) is 11.3 Å². The molecule has 0 radical (unpaired) electrons. The van der Waals surface area contributed by atoms with Gasteiger partial charge < -0.3 is 8.63 Å². The van der Waals surface area contributed by atoms with Gasteiger partial charge in [-0.1, -0.05) is 74.0 Å². The fraction of sp³-hybridized carbons (Fsp3) is 0.600. The van der Waals surface area contributed by atoms with Crippen molar-refractivity contribution in [1.29, 1.82) is 0 Å². The fourth-order valence-corrected chi connectivity index (χ4v) is 5.76. The van der Waals surface area contributed by atoms with Crippen LogP contribution in [0, 0.1) is 0 Å². The van der Waals surface area contributed by atoms with Gasteiger partial charge in [-0.05, 0) is 49.9 Å². The normalized spacial score (nSPS) is 16.6. The van der Waals surface area contributed by atoms with Crippen molar-refractivity contribution < 1.29 is 13.4 Å². The predicted octanol–water partition coefficient (Wildman–Crippen LogP) is 7.25. The molecule has 0 amide bonds. The standard InChI is InChI=1S/C25H36FNO2Si/c1-30(2,26)21-18-23(28)25-22(27-29-24(25)19-21)17-13-8-6-4-3-5-7-10-14-20-15-11-9-12-16-20/h9,11-12,15-16,21H,3-8,10,13-14,17-19H2,1-2H3. The Morgan fingerprint density at radius 2 is 1.53 bits per heavy atom.